The maximum atomic E-state index is 5.37. The molecule has 0 spiro atoms. The zero-order valence-corrected chi connectivity index (χ0v) is 9.52. The molecule has 0 unspecified atom stereocenters. The Balaban J connectivity index is 2.43. The first-order valence-electron chi connectivity index (χ1n) is 5.40. The Bertz CT molecular complexity index is 328. The van der Waals surface area contributed by atoms with Crippen molar-refractivity contribution in [3.8, 4) is 5.88 Å². The highest BCUT2D eigenvalue weighted by atomic mass is 16.5. The van der Waals surface area contributed by atoms with Gasteiger partial charge in [-0.2, -0.15) is 4.98 Å². The normalized spacial score (nSPS) is 10.6. The van der Waals surface area contributed by atoms with Gasteiger partial charge in [-0.25, -0.2) is 0 Å². The number of rotatable bonds is 7. The van der Waals surface area contributed by atoms with E-state index in [9.17, 15) is 0 Å². The fourth-order valence-electron chi connectivity index (χ4n) is 1.05. The van der Waals surface area contributed by atoms with Crippen molar-refractivity contribution < 1.29 is 4.74 Å². The van der Waals surface area contributed by atoms with E-state index in [0.717, 1.165) is 6.42 Å². The van der Waals surface area contributed by atoms with Crippen molar-refractivity contribution in [2.75, 3.05) is 25.0 Å². The van der Waals surface area contributed by atoms with E-state index in [1.54, 1.807) is 12.4 Å². The molecule has 1 heterocycles. The Morgan fingerprint density at radius 3 is 3.06 bits per heavy atom. The van der Waals surface area contributed by atoms with Gasteiger partial charge in [-0.1, -0.05) is 19.1 Å². The third-order valence-electron chi connectivity index (χ3n) is 1.77. The van der Waals surface area contributed by atoms with Crippen LogP contribution in [-0.2, 0) is 0 Å². The molecule has 0 bridgehead atoms. The minimum atomic E-state index is 0.549. The molecule has 3 N–H and O–H groups in total. The van der Waals surface area contributed by atoms with Crippen LogP contribution >= 0.6 is 0 Å². The van der Waals surface area contributed by atoms with Crippen molar-refractivity contribution in [2.45, 2.75) is 13.3 Å². The van der Waals surface area contributed by atoms with E-state index in [1.807, 2.05) is 19.1 Å². The van der Waals surface area contributed by atoms with Crippen LogP contribution in [0.2, 0.25) is 0 Å². The average Bonchev–Trinajstić information content (AvgIpc) is 2.33. The summed E-state index contributed by atoms with van der Waals surface area (Å²) >= 11 is 0. The molecule has 0 saturated carbocycles. The van der Waals surface area contributed by atoms with Crippen molar-refractivity contribution in [1.29, 1.82) is 0 Å². The maximum Gasteiger partial charge on any atom is 0.234 e. The lowest BCUT2D eigenvalue weighted by molar-refractivity contribution is 0.304. The predicted molar refractivity (Wildman–Crippen MR) is 64.5 cm³/mol. The van der Waals surface area contributed by atoms with Gasteiger partial charge in [0, 0.05) is 13.1 Å². The van der Waals surface area contributed by atoms with Gasteiger partial charge in [-0.3, -0.25) is 4.98 Å². The number of nitrogens with one attached hydrogen (secondary N) is 1. The highest BCUT2D eigenvalue weighted by Crippen LogP contribution is 2.08. The lowest BCUT2D eigenvalue weighted by Crippen LogP contribution is -2.04. The third kappa shape index (κ3) is 4.75. The summed E-state index contributed by atoms with van der Waals surface area (Å²) in [4.78, 5) is 8.28. The largest absolute Gasteiger partial charge is 0.477 e. The molecule has 16 heavy (non-hydrogen) atoms. The molecule has 0 radical (unpaired) electrons. The molecule has 1 rings (SSSR count). The highest BCUT2D eigenvalue weighted by molar-refractivity contribution is 5.33. The van der Waals surface area contributed by atoms with Crippen LogP contribution in [0.3, 0.4) is 0 Å². The van der Waals surface area contributed by atoms with E-state index < -0.39 is 0 Å². The maximum absolute atomic E-state index is 5.37. The first kappa shape index (κ1) is 12.4. The second-order valence-corrected chi connectivity index (χ2v) is 3.18. The number of hydrogen-bond acceptors (Lipinski definition) is 5. The Hall–Kier alpha value is -1.62. The van der Waals surface area contributed by atoms with E-state index in [2.05, 4.69) is 15.3 Å². The summed E-state index contributed by atoms with van der Waals surface area (Å²) in [6.45, 7) is 3.94. The summed E-state index contributed by atoms with van der Waals surface area (Å²) in [5, 5.41) is 3.10. The lowest BCUT2D eigenvalue weighted by Gasteiger charge is -2.05. The van der Waals surface area contributed by atoms with Crippen LogP contribution in [0.25, 0.3) is 0 Å². The highest BCUT2D eigenvalue weighted by Gasteiger charge is 1.97. The first-order valence-corrected chi connectivity index (χ1v) is 5.40. The molecule has 1 aromatic rings. The van der Waals surface area contributed by atoms with Crippen molar-refractivity contribution in [3.63, 3.8) is 0 Å². The summed E-state index contributed by atoms with van der Waals surface area (Å²) < 4.78 is 5.37. The van der Waals surface area contributed by atoms with Crippen molar-refractivity contribution in [1.82, 2.24) is 9.97 Å². The summed E-state index contributed by atoms with van der Waals surface area (Å²) in [5.41, 5.74) is 5.32. The monoisotopic (exact) mass is 222 g/mol. The SMILES string of the molecule is CCCOc1cncc(NC/C=C/CN)n1. The van der Waals surface area contributed by atoms with Gasteiger partial charge in [0.25, 0.3) is 0 Å². The van der Waals surface area contributed by atoms with Crippen LogP contribution in [0.5, 0.6) is 5.88 Å². The van der Waals surface area contributed by atoms with Gasteiger partial charge in [-0.05, 0) is 6.42 Å². The topological polar surface area (TPSA) is 73.1 Å². The molecule has 1 aromatic heterocycles. The van der Waals surface area contributed by atoms with Crippen LogP contribution in [0.1, 0.15) is 13.3 Å². The van der Waals surface area contributed by atoms with Crippen LogP contribution in [0, 0.1) is 0 Å². The smallest absolute Gasteiger partial charge is 0.234 e. The van der Waals surface area contributed by atoms with Crippen LogP contribution in [0.15, 0.2) is 24.5 Å². The van der Waals surface area contributed by atoms with Gasteiger partial charge < -0.3 is 15.8 Å². The fourth-order valence-corrected chi connectivity index (χ4v) is 1.05. The van der Waals surface area contributed by atoms with E-state index in [4.69, 9.17) is 10.5 Å². The molecule has 0 aliphatic carbocycles. The van der Waals surface area contributed by atoms with Gasteiger partial charge in [0.15, 0.2) is 0 Å². The first-order chi connectivity index (χ1) is 7.86. The van der Waals surface area contributed by atoms with E-state index in [-0.39, 0.29) is 0 Å². The number of aromatic nitrogens is 2. The second-order valence-electron chi connectivity index (χ2n) is 3.18. The number of nitrogens with zero attached hydrogens (tertiary/aromatic N) is 2. The quantitative estimate of drug-likeness (QED) is 0.678. The third-order valence-corrected chi connectivity index (χ3v) is 1.77. The average molecular weight is 222 g/mol. The second kappa shape index (κ2) is 7.64. The van der Waals surface area contributed by atoms with Gasteiger partial charge >= 0.3 is 0 Å². The molecule has 5 nitrogen and oxygen atoms in total. The number of ether oxygens (including phenoxy) is 1. The molecule has 0 aliphatic heterocycles. The molecule has 0 fully saturated rings. The van der Waals surface area contributed by atoms with Crippen LogP contribution < -0.4 is 15.8 Å². The zero-order valence-electron chi connectivity index (χ0n) is 9.52. The molecule has 0 aromatic carbocycles. The van der Waals surface area contributed by atoms with Crippen LogP contribution in [-0.4, -0.2) is 29.7 Å². The number of anilines is 1. The molecule has 0 amide bonds. The Morgan fingerprint density at radius 1 is 1.44 bits per heavy atom. The fraction of sp³-hybridized carbons (Fsp3) is 0.455. The number of nitrogens with two attached hydrogens (primary N) is 1. The molecular formula is C11H18N4O. The molecule has 0 atom stereocenters. The molecule has 5 heteroatoms. The van der Waals surface area contributed by atoms with Crippen molar-refractivity contribution >= 4 is 5.82 Å². The van der Waals surface area contributed by atoms with Crippen molar-refractivity contribution in [3.05, 3.63) is 24.5 Å². The Morgan fingerprint density at radius 2 is 2.31 bits per heavy atom. The molecule has 0 saturated heterocycles. The van der Waals surface area contributed by atoms with E-state index in [1.165, 1.54) is 0 Å². The Labute approximate surface area is 95.7 Å². The van der Waals surface area contributed by atoms with E-state index >= 15 is 0 Å². The minimum Gasteiger partial charge on any atom is -0.477 e. The van der Waals surface area contributed by atoms with Crippen LogP contribution in [0.4, 0.5) is 5.82 Å². The molecule has 0 aliphatic rings. The molecular weight excluding hydrogens is 204 g/mol. The number of hydrogen-bond donors (Lipinski definition) is 2. The van der Waals surface area contributed by atoms with Gasteiger partial charge in [0.1, 0.15) is 5.82 Å². The summed E-state index contributed by atoms with van der Waals surface area (Å²) in [5.74, 6) is 1.25. The summed E-state index contributed by atoms with van der Waals surface area (Å²) in [7, 11) is 0. The minimum absolute atomic E-state index is 0.549. The lowest BCUT2D eigenvalue weighted by atomic mass is 10.5. The zero-order chi connectivity index (χ0) is 11.6. The Kier molecular flexibility index (Phi) is 5.95. The summed E-state index contributed by atoms with van der Waals surface area (Å²) in [6, 6.07) is 0. The standard InChI is InChI=1S/C11H18N4O/c1-2-7-16-11-9-13-8-10(15-11)14-6-4-3-5-12/h3-4,8-9H,2,5-7,12H2,1H3,(H,14,15)/b4-3+. The van der Waals surface area contributed by atoms with Gasteiger partial charge in [0.05, 0.1) is 19.0 Å². The van der Waals surface area contributed by atoms with Crippen molar-refractivity contribution in [2.24, 2.45) is 5.73 Å². The summed E-state index contributed by atoms with van der Waals surface area (Å²) in [6.07, 6.45) is 8.06. The predicted octanol–water partition coefficient (Wildman–Crippen LogP) is 1.19. The van der Waals surface area contributed by atoms with Gasteiger partial charge in [-0.15, -0.1) is 0 Å². The van der Waals surface area contributed by atoms with Gasteiger partial charge in [0.2, 0.25) is 5.88 Å². The molecule has 88 valence electrons. The van der Waals surface area contributed by atoms with E-state index in [0.29, 0.717) is 31.4 Å².